The van der Waals surface area contributed by atoms with Crippen molar-refractivity contribution in [3.8, 4) is 0 Å². The zero-order valence-corrected chi connectivity index (χ0v) is 10.6. The third-order valence-electron chi connectivity index (χ3n) is 2.81. The van der Waals surface area contributed by atoms with Crippen LogP contribution in [-0.4, -0.2) is 16.1 Å². The van der Waals surface area contributed by atoms with E-state index in [4.69, 9.17) is 0 Å². The molecule has 0 saturated carbocycles. The Hall–Kier alpha value is -2.24. The summed E-state index contributed by atoms with van der Waals surface area (Å²) in [6.07, 6.45) is 0. The summed E-state index contributed by atoms with van der Waals surface area (Å²) in [6, 6.07) is 3.24. The molecule has 0 radical (unpaired) electrons. The topological polar surface area (TPSA) is 57.8 Å². The Morgan fingerprint density at radius 1 is 1.37 bits per heavy atom. The van der Waals surface area contributed by atoms with Gasteiger partial charge in [0.2, 0.25) is 0 Å². The van der Waals surface area contributed by atoms with Crippen molar-refractivity contribution in [3.63, 3.8) is 0 Å². The van der Waals surface area contributed by atoms with Gasteiger partial charge in [0.15, 0.2) is 0 Å². The molecule has 0 aliphatic carbocycles. The molecule has 1 amide bonds. The third-order valence-corrected chi connectivity index (χ3v) is 2.81. The van der Waals surface area contributed by atoms with Gasteiger partial charge in [0, 0.05) is 23.9 Å². The number of rotatable bonds is 3. The second kappa shape index (κ2) is 5.17. The lowest BCUT2D eigenvalue weighted by molar-refractivity contribution is 0.0949. The Bertz CT molecular complexity index is 603. The van der Waals surface area contributed by atoms with Crippen LogP contribution < -0.4 is 5.32 Å². The molecule has 0 bridgehead atoms. The minimum Gasteiger partial charge on any atom is -0.348 e. The van der Waals surface area contributed by atoms with Crippen molar-refractivity contribution in [3.05, 3.63) is 52.3 Å². The van der Waals surface area contributed by atoms with E-state index >= 15 is 0 Å². The maximum absolute atomic E-state index is 13.4. The Kier molecular flexibility index (Phi) is 3.59. The molecule has 2 rings (SSSR count). The summed E-state index contributed by atoms with van der Waals surface area (Å²) in [5, 5.41) is 9.19. The number of aryl methyl sites for hydroxylation is 2. The molecule has 1 aromatic carbocycles. The van der Waals surface area contributed by atoms with Crippen molar-refractivity contribution in [2.75, 3.05) is 0 Å². The highest BCUT2D eigenvalue weighted by Crippen LogP contribution is 2.11. The first kappa shape index (κ1) is 13.2. The summed E-state index contributed by atoms with van der Waals surface area (Å²) in [4.78, 5) is 11.9. The normalized spacial score (nSPS) is 10.5. The fourth-order valence-corrected chi connectivity index (χ4v) is 1.81. The highest BCUT2D eigenvalue weighted by Gasteiger charge is 2.15. The molecule has 0 atom stereocenters. The van der Waals surface area contributed by atoms with Gasteiger partial charge in [0.05, 0.1) is 11.3 Å². The monoisotopic (exact) mass is 265 g/mol. The number of aromatic nitrogens is 2. The average molecular weight is 265 g/mol. The second-order valence-electron chi connectivity index (χ2n) is 4.23. The number of H-pyrrole nitrogens is 1. The number of hydrogen-bond donors (Lipinski definition) is 2. The minimum absolute atomic E-state index is 0.00495. The summed E-state index contributed by atoms with van der Waals surface area (Å²) < 4.78 is 26.1. The van der Waals surface area contributed by atoms with Crippen LogP contribution >= 0.6 is 0 Å². The van der Waals surface area contributed by atoms with Crippen LogP contribution in [0.1, 0.15) is 27.3 Å². The Morgan fingerprint density at radius 2 is 2.11 bits per heavy atom. The first-order valence-electron chi connectivity index (χ1n) is 5.72. The van der Waals surface area contributed by atoms with Crippen LogP contribution in [0.15, 0.2) is 18.2 Å². The molecule has 100 valence electrons. The van der Waals surface area contributed by atoms with Crippen LogP contribution in [0.5, 0.6) is 0 Å². The molecule has 1 aromatic heterocycles. The number of hydrogen-bond acceptors (Lipinski definition) is 2. The molecule has 6 heteroatoms. The lowest BCUT2D eigenvalue weighted by Crippen LogP contribution is -2.24. The molecule has 19 heavy (non-hydrogen) atoms. The van der Waals surface area contributed by atoms with E-state index in [2.05, 4.69) is 15.5 Å². The smallest absolute Gasteiger partial charge is 0.255 e. The van der Waals surface area contributed by atoms with E-state index in [1.165, 1.54) is 6.07 Å². The lowest BCUT2D eigenvalue weighted by atomic mass is 10.1. The van der Waals surface area contributed by atoms with E-state index < -0.39 is 11.6 Å². The van der Waals surface area contributed by atoms with Crippen LogP contribution in [0.3, 0.4) is 0 Å². The highest BCUT2D eigenvalue weighted by molar-refractivity contribution is 5.96. The van der Waals surface area contributed by atoms with E-state index in [0.29, 0.717) is 17.0 Å². The van der Waals surface area contributed by atoms with Crippen molar-refractivity contribution in [2.45, 2.75) is 20.4 Å². The summed E-state index contributed by atoms with van der Waals surface area (Å²) in [7, 11) is 0. The molecule has 0 unspecified atom stereocenters. The van der Waals surface area contributed by atoms with Crippen molar-refractivity contribution >= 4 is 5.91 Å². The van der Waals surface area contributed by atoms with Crippen molar-refractivity contribution in [1.29, 1.82) is 0 Å². The van der Waals surface area contributed by atoms with Gasteiger partial charge in [-0.2, -0.15) is 5.10 Å². The zero-order valence-electron chi connectivity index (χ0n) is 10.6. The van der Waals surface area contributed by atoms with E-state index in [9.17, 15) is 13.6 Å². The number of carbonyl (C=O) groups excluding carboxylic acids is 1. The van der Waals surface area contributed by atoms with Gasteiger partial charge in [0.25, 0.3) is 5.91 Å². The number of aromatic amines is 1. The van der Waals surface area contributed by atoms with Gasteiger partial charge < -0.3 is 5.32 Å². The Balaban J connectivity index is 2.09. The molecule has 0 aliphatic heterocycles. The number of nitrogens with one attached hydrogen (secondary N) is 2. The SMILES string of the molecule is Cc1n[nH]c(C)c1C(=O)NCc1ccc(F)cc1F. The summed E-state index contributed by atoms with van der Waals surface area (Å²) in [5.41, 5.74) is 1.90. The van der Waals surface area contributed by atoms with E-state index in [0.717, 1.165) is 12.1 Å². The molecule has 0 saturated heterocycles. The lowest BCUT2D eigenvalue weighted by Gasteiger charge is -2.06. The van der Waals surface area contributed by atoms with Gasteiger partial charge >= 0.3 is 0 Å². The van der Waals surface area contributed by atoms with Gasteiger partial charge in [-0.1, -0.05) is 6.07 Å². The fourth-order valence-electron chi connectivity index (χ4n) is 1.81. The maximum atomic E-state index is 13.4. The second-order valence-corrected chi connectivity index (χ2v) is 4.23. The summed E-state index contributed by atoms with van der Waals surface area (Å²) in [5.74, 6) is -1.66. The molecular weight excluding hydrogens is 252 g/mol. The Labute approximate surface area is 108 Å². The first-order chi connectivity index (χ1) is 8.99. The number of halogens is 2. The number of nitrogens with zero attached hydrogens (tertiary/aromatic N) is 1. The van der Waals surface area contributed by atoms with Gasteiger partial charge in [-0.25, -0.2) is 8.78 Å². The molecule has 2 aromatic rings. The van der Waals surface area contributed by atoms with Crippen LogP contribution in [0, 0.1) is 25.5 Å². The Morgan fingerprint density at radius 3 is 2.68 bits per heavy atom. The van der Waals surface area contributed by atoms with E-state index in [1.807, 2.05) is 0 Å². The summed E-state index contributed by atoms with van der Waals surface area (Å²) >= 11 is 0. The molecule has 4 nitrogen and oxygen atoms in total. The van der Waals surface area contributed by atoms with Gasteiger partial charge in [0.1, 0.15) is 11.6 Å². The van der Waals surface area contributed by atoms with Crippen LogP contribution in [0.2, 0.25) is 0 Å². The average Bonchev–Trinajstić information content (AvgIpc) is 2.68. The van der Waals surface area contributed by atoms with Crippen LogP contribution in [-0.2, 0) is 6.54 Å². The van der Waals surface area contributed by atoms with Crippen molar-refractivity contribution in [2.24, 2.45) is 0 Å². The molecule has 2 N–H and O–H groups in total. The van der Waals surface area contributed by atoms with Crippen LogP contribution in [0.4, 0.5) is 8.78 Å². The molecule has 0 fully saturated rings. The fraction of sp³-hybridized carbons (Fsp3) is 0.231. The predicted octanol–water partition coefficient (Wildman–Crippen LogP) is 2.23. The highest BCUT2D eigenvalue weighted by atomic mass is 19.1. The molecular formula is C13H13F2N3O. The molecule has 0 aliphatic rings. The zero-order chi connectivity index (χ0) is 14.0. The van der Waals surface area contributed by atoms with Gasteiger partial charge in [-0.15, -0.1) is 0 Å². The van der Waals surface area contributed by atoms with Crippen LogP contribution in [0.25, 0.3) is 0 Å². The van der Waals surface area contributed by atoms with E-state index in [-0.39, 0.29) is 18.0 Å². The van der Waals surface area contributed by atoms with E-state index in [1.54, 1.807) is 13.8 Å². The van der Waals surface area contributed by atoms with Gasteiger partial charge in [-0.05, 0) is 19.9 Å². The maximum Gasteiger partial charge on any atom is 0.255 e. The first-order valence-corrected chi connectivity index (χ1v) is 5.72. The largest absolute Gasteiger partial charge is 0.348 e. The molecule has 1 heterocycles. The standard InChI is InChI=1S/C13H13F2N3O/c1-7-12(8(2)18-17-7)13(19)16-6-9-3-4-10(14)5-11(9)15/h3-5H,6H2,1-2H3,(H,16,19)(H,17,18). The number of amides is 1. The minimum atomic E-state index is -0.680. The summed E-state index contributed by atoms with van der Waals surface area (Å²) in [6.45, 7) is 3.43. The van der Waals surface area contributed by atoms with Gasteiger partial charge in [-0.3, -0.25) is 9.89 Å². The quantitative estimate of drug-likeness (QED) is 0.894. The van der Waals surface area contributed by atoms with Crippen molar-refractivity contribution in [1.82, 2.24) is 15.5 Å². The number of benzene rings is 1. The third kappa shape index (κ3) is 2.78. The molecule has 0 spiro atoms. The van der Waals surface area contributed by atoms with Crippen molar-refractivity contribution < 1.29 is 13.6 Å². The number of carbonyl (C=O) groups is 1. The predicted molar refractivity (Wildman–Crippen MR) is 65.6 cm³/mol.